The van der Waals surface area contributed by atoms with E-state index in [1.54, 1.807) is 18.2 Å². The Bertz CT molecular complexity index is 1050. The molecule has 1 heterocycles. The number of hydrogen-bond acceptors (Lipinski definition) is 6. The van der Waals surface area contributed by atoms with Crippen LogP contribution >= 0.6 is 34.4 Å². The number of benzene rings is 2. The fourth-order valence-corrected chi connectivity index (χ4v) is 4.46. The van der Waals surface area contributed by atoms with Crippen LogP contribution in [0.1, 0.15) is 16.7 Å². The van der Waals surface area contributed by atoms with Gasteiger partial charge in [-0.15, -0.1) is 0 Å². The Kier molecular flexibility index (Phi) is 7.03. The lowest BCUT2D eigenvalue weighted by Gasteiger charge is -2.14. The standard InChI is InChI=1S/C21H18INO6S/c1-12-4-3-5-13(6-12)11-29-19-15(22)7-14(8-16(19)28-2)9-17-20(26)23(10-18(24)25)21(27)30-17/h3-9H,10-11H2,1-2H3,(H,24,25)/b17-9+. The van der Waals surface area contributed by atoms with Crippen molar-refractivity contribution in [3.8, 4) is 11.5 Å². The maximum atomic E-state index is 12.3. The average molecular weight is 539 g/mol. The first kappa shape index (κ1) is 22.2. The molecule has 7 nitrogen and oxygen atoms in total. The molecule has 1 saturated heterocycles. The van der Waals surface area contributed by atoms with E-state index in [0.29, 0.717) is 40.3 Å². The molecule has 0 spiro atoms. The van der Waals surface area contributed by atoms with Crippen LogP contribution in [0.2, 0.25) is 0 Å². The van der Waals surface area contributed by atoms with Gasteiger partial charge in [-0.1, -0.05) is 29.8 Å². The largest absolute Gasteiger partial charge is 0.493 e. The van der Waals surface area contributed by atoms with E-state index in [1.165, 1.54) is 7.11 Å². The van der Waals surface area contributed by atoms with Gasteiger partial charge in [0.2, 0.25) is 0 Å². The number of methoxy groups -OCH3 is 1. The van der Waals surface area contributed by atoms with E-state index in [1.807, 2.05) is 31.2 Å². The van der Waals surface area contributed by atoms with Crippen molar-refractivity contribution in [2.75, 3.05) is 13.7 Å². The summed E-state index contributed by atoms with van der Waals surface area (Å²) < 4.78 is 12.2. The highest BCUT2D eigenvalue weighted by molar-refractivity contribution is 14.1. The molecule has 0 bridgehead atoms. The molecular formula is C21H18INO6S. The molecule has 2 aromatic carbocycles. The van der Waals surface area contributed by atoms with Crippen LogP contribution in [-0.4, -0.2) is 40.8 Å². The molecule has 30 heavy (non-hydrogen) atoms. The van der Waals surface area contributed by atoms with Crippen LogP contribution in [0, 0.1) is 10.5 Å². The highest BCUT2D eigenvalue weighted by Gasteiger charge is 2.36. The number of halogens is 1. The molecule has 0 aromatic heterocycles. The van der Waals surface area contributed by atoms with Gasteiger partial charge >= 0.3 is 5.97 Å². The van der Waals surface area contributed by atoms with Crippen molar-refractivity contribution in [2.45, 2.75) is 13.5 Å². The minimum absolute atomic E-state index is 0.160. The second-order valence-corrected chi connectivity index (χ2v) is 8.63. The van der Waals surface area contributed by atoms with Gasteiger partial charge in [0, 0.05) is 0 Å². The molecule has 0 atom stereocenters. The van der Waals surface area contributed by atoms with E-state index in [9.17, 15) is 14.4 Å². The lowest BCUT2D eigenvalue weighted by molar-refractivity contribution is -0.140. The molecule has 0 aliphatic carbocycles. The first-order chi connectivity index (χ1) is 14.3. The Labute approximate surface area is 191 Å². The van der Waals surface area contributed by atoms with Gasteiger partial charge in [0.15, 0.2) is 11.5 Å². The smallest absolute Gasteiger partial charge is 0.323 e. The zero-order valence-corrected chi connectivity index (χ0v) is 19.2. The Hall–Kier alpha value is -2.53. The number of hydrogen-bond donors (Lipinski definition) is 1. The molecule has 1 N–H and O–H groups in total. The van der Waals surface area contributed by atoms with Crippen molar-refractivity contribution in [2.24, 2.45) is 0 Å². The molecule has 156 valence electrons. The van der Waals surface area contributed by atoms with E-state index >= 15 is 0 Å². The van der Waals surface area contributed by atoms with Gasteiger partial charge in [0.1, 0.15) is 13.2 Å². The number of amides is 2. The summed E-state index contributed by atoms with van der Waals surface area (Å²) in [6, 6.07) is 11.5. The quantitative estimate of drug-likeness (QED) is 0.414. The summed E-state index contributed by atoms with van der Waals surface area (Å²) in [7, 11) is 1.52. The third-order valence-corrected chi connectivity index (χ3v) is 5.89. The SMILES string of the molecule is COc1cc(/C=C2/SC(=O)N(CC(=O)O)C2=O)cc(I)c1OCc1cccc(C)c1. The number of thioether (sulfide) groups is 1. The van der Waals surface area contributed by atoms with Crippen molar-refractivity contribution in [3.63, 3.8) is 0 Å². The van der Waals surface area contributed by atoms with Gasteiger partial charge in [-0.3, -0.25) is 19.3 Å². The van der Waals surface area contributed by atoms with Crippen molar-refractivity contribution in [1.82, 2.24) is 4.90 Å². The Morgan fingerprint density at radius 3 is 2.70 bits per heavy atom. The maximum absolute atomic E-state index is 12.3. The third-order valence-electron chi connectivity index (χ3n) is 4.18. The number of nitrogens with zero attached hydrogens (tertiary/aromatic N) is 1. The first-order valence-corrected chi connectivity index (χ1v) is 10.7. The molecule has 1 fully saturated rings. The fraction of sp³-hybridized carbons (Fsp3) is 0.190. The Balaban J connectivity index is 1.83. The van der Waals surface area contributed by atoms with Crippen LogP contribution in [-0.2, 0) is 16.2 Å². The number of ether oxygens (including phenoxy) is 2. The normalized spacial score (nSPS) is 15.0. The Morgan fingerprint density at radius 1 is 1.27 bits per heavy atom. The summed E-state index contributed by atoms with van der Waals surface area (Å²) in [6.45, 7) is 1.73. The summed E-state index contributed by atoms with van der Waals surface area (Å²) in [6.07, 6.45) is 1.54. The number of aryl methyl sites for hydroxylation is 1. The summed E-state index contributed by atoms with van der Waals surface area (Å²) in [5.74, 6) is -0.799. The topological polar surface area (TPSA) is 93.1 Å². The van der Waals surface area contributed by atoms with E-state index in [0.717, 1.165) is 14.7 Å². The maximum Gasteiger partial charge on any atom is 0.323 e. The number of carboxylic acids is 1. The molecule has 9 heteroatoms. The molecule has 0 radical (unpaired) electrons. The minimum Gasteiger partial charge on any atom is -0.493 e. The van der Waals surface area contributed by atoms with E-state index in [-0.39, 0.29) is 4.91 Å². The van der Waals surface area contributed by atoms with Crippen molar-refractivity contribution in [3.05, 3.63) is 61.6 Å². The number of carboxylic acid groups (broad SMARTS) is 1. The van der Waals surface area contributed by atoms with Gasteiger partial charge in [0.25, 0.3) is 11.1 Å². The van der Waals surface area contributed by atoms with Crippen LogP contribution in [0.5, 0.6) is 11.5 Å². The van der Waals surface area contributed by atoms with E-state index < -0.39 is 23.7 Å². The number of imide groups is 1. The lowest BCUT2D eigenvalue weighted by atomic mass is 10.1. The molecule has 0 saturated carbocycles. The molecule has 1 aliphatic rings. The first-order valence-electron chi connectivity index (χ1n) is 8.81. The summed E-state index contributed by atoms with van der Waals surface area (Å²) in [5, 5.41) is 8.26. The highest BCUT2D eigenvalue weighted by Crippen LogP contribution is 2.37. The molecule has 0 unspecified atom stereocenters. The van der Waals surface area contributed by atoms with Gasteiger partial charge in [-0.25, -0.2) is 0 Å². The van der Waals surface area contributed by atoms with Crippen molar-refractivity contribution >= 4 is 57.5 Å². The summed E-state index contributed by atoms with van der Waals surface area (Å²) in [4.78, 5) is 36.0. The molecule has 2 aromatic rings. The lowest BCUT2D eigenvalue weighted by Crippen LogP contribution is -2.33. The van der Waals surface area contributed by atoms with Crippen molar-refractivity contribution < 1.29 is 29.0 Å². The third kappa shape index (κ3) is 5.14. The van der Waals surface area contributed by atoms with Crippen molar-refractivity contribution in [1.29, 1.82) is 0 Å². The fourth-order valence-electron chi connectivity index (χ4n) is 2.84. The number of carbonyl (C=O) groups is 3. The summed E-state index contributed by atoms with van der Waals surface area (Å²) >= 11 is 2.83. The molecule has 1 aliphatic heterocycles. The average Bonchev–Trinajstić information content (AvgIpc) is 2.94. The number of carbonyl (C=O) groups excluding carboxylic acids is 2. The minimum atomic E-state index is -1.25. The number of rotatable bonds is 7. The second kappa shape index (κ2) is 9.52. The van der Waals surface area contributed by atoms with Crippen LogP contribution in [0.15, 0.2) is 41.3 Å². The zero-order valence-electron chi connectivity index (χ0n) is 16.2. The van der Waals surface area contributed by atoms with E-state index in [4.69, 9.17) is 14.6 Å². The molecular weight excluding hydrogens is 521 g/mol. The second-order valence-electron chi connectivity index (χ2n) is 6.47. The monoisotopic (exact) mass is 539 g/mol. The predicted octanol–water partition coefficient (Wildman–Crippen LogP) is 4.31. The number of aliphatic carboxylic acids is 1. The summed E-state index contributed by atoms with van der Waals surface area (Å²) in [5.41, 5.74) is 2.81. The van der Waals surface area contributed by atoms with Gasteiger partial charge < -0.3 is 14.6 Å². The zero-order chi connectivity index (χ0) is 21.8. The van der Waals surface area contributed by atoms with E-state index in [2.05, 4.69) is 22.6 Å². The Morgan fingerprint density at radius 2 is 2.03 bits per heavy atom. The highest BCUT2D eigenvalue weighted by atomic mass is 127. The van der Waals surface area contributed by atoms with Gasteiger partial charge in [-0.05, 0) is 70.6 Å². The molecule has 2 amide bonds. The predicted molar refractivity (Wildman–Crippen MR) is 122 cm³/mol. The van der Waals surface area contributed by atoms with Crippen LogP contribution in [0.4, 0.5) is 4.79 Å². The van der Waals surface area contributed by atoms with Crippen LogP contribution in [0.25, 0.3) is 6.08 Å². The molecule has 3 rings (SSSR count). The van der Waals surface area contributed by atoms with Gasteiger partial charge in [-0.2, -0.15) is 0 Å². The van der Waals surface area contributed by atoms with Crippen LogP contribution < -0.4 is 9.47 Å². The van der Waals surface area contributed by atoms with Crippen LogP contribution in [0.3, 0.4) is 0 Å². The van der Waals surface area contributed by atoms with Gasteiger partial charge in [0.05, 0.1) is 15.6 Å².